The van der Waals surface area contributed by atoms with E-state index in [4.69, 9.17) is 15.8 Å². The molecular weight excluding hydrogens is 307 g/mol. The van der Waals surface area contributed by atoms with Gasteiger partial charge in [0.15, 0.2) is 5.57 Å². The minimum absolute atomic E-state index is 0.0606. The van der Waals surface area contributed by atoms with Crippen LogP contribution in [0.3, 0.4) is 0 Å². The van der Waals surface area contributed by atoms with Crippen molar-refractivity contribution in [2.45, 2.75) is 6.92 Å². The summed E-state index contributed by atoms with van der Waals surface area (Å²) in [7, 11) is 0. The Morgan fingerprint density at radius 2 is 1.79 bits per heavy atom. The molecule has 1 aliphatic rings. The molecule has 0 aromatic heterocycles. The van der Waals surface area contributed by atoms with Crippen LogP contribution in [0.2, 0.25) is 0 Å². The van der Waals surface area contributed by atoms with Crippen molar-refractivity contribution in [1.29, 1.82) is 15.8 Å². The van der Waals surface area contributed by atoms with E-state index in [0.717, 1.165) is 38.4 Å². The van der Waals surface area contributed by atoms with Crippen LogP contribution in [0.5, 0.6) is 0 Å². The highest BCUT2D eigenvalue weighted by Gasteiger charge is 2.17. The fraction of sp³-hybridized carbons (Fsp3) is 0.353. The Balaban J connectivity index is 2.17. The van der Waals surface area contributed by atoms with Gasteiger partial charge in [0.1, 0.15) is 29.7 Å². The number of nitrogens with zero attached hydrogens (tertiary/aromatic N) is 5. The van der Waals surface area contributed by atoms with Crippen molar-refractivity contribution in [3.05, 3.63) is 35.3 Å². The molecule has 1 aromatic rings. The van der Waals surface area contributed by atoms with Gasteiger partial charge in [0.25, 0.3) is 0 Å². The zero-order valence-electron chi connectivity index (χ0n) is 13.4. The lowest BCUT2D eigenvalue weighted by atomic mass is 10.2. The molecule has 1 heterocycles. The number of nitrogens with one attached hydrogen (secondary N) is 1. The lowest BCUT2D eigenvalue weighted by molar-refractivity contribution is 0.271. The zero-order chi connectivity index (χ0) is 17.5. The monoisotopic (exact) mass is 324 g/mol. The van der Waals surface area contributed by atoms with Crippen molar-refractivity contribution in [3.8, 4) is 18.2 Å². The average molecular weight is 324 g/mol. The summed E-state index contributed by atoms with van der Waals surface area (Å²) in [4.78, 5) is 4.44. The fourth-order valence-corrected chi connectivity index (χ4v) is 2.54. The van der Waals surface area contributed by atoms with Gasteiger partial charge in [0, 0.05) is 31.9 Å². The van der Waals surface area contributed by atoms with Crippen LogP contribution in [0, 0.1) is 39.8 Å². The first kappa shape index (κ1) is 17.3. The Labute approximate surface area is 140 Å². The summed E-state index contributed by atoms with van der Waals surface area (Å²) >= 11 is 0. The number of likely N-dealkylation sites (N-methyl/N-ethyl adjacent to an activating group) is 1. The number of rotatable bonds is 4. The Morgan fingerprint density at radius 3 is 2.29 bits per heavy atom. The maximum atomic E-state index is 14.3. The highest BCUT2D eigenvalue weighted by Crippen LogP contribution is 2.24. The summed E-state index contributed by atoms with van der Waals surface area (Å²) in [6.07, 6.45) is 0. The Kier molecular flexibility index (Phi) is 5.73. The highest BCUT2D eigenvalue weighted by atomic mass is 19.1. The molecule has 2 rings (SSSR count). The number of anilines is 2. The summed E-state index contributed by atoms with van der Waals surface area (Å²) in [5.41, 5.74) is 0.197. The molecule has 0 radical (unpaired) electrons. The molecule has 0 aliphatic carbocycles. The Bertz CT molecular complexity index is 741. The van der Waals surface area contributed by atoms with E-state index in [1.165, 1.54) is 12.1 Å². The van der Waals surface area contributed by atoms with E-state index in [1.54, 1.807) is 24.3 Å². The van der Waals surface area contributed by atoms with Crippen LogP contribution in [-0.4, -0.2) is 37.6 Å². The molecule has 1 saturated heterocycles. The Morgan fingerprint density at radius 1 is 1.12 bits per heavy atom. The summed E-state index contributed by atoms with van der Waals surface area (Å²) in [6, 6.07) is 9.62. The largest absolute Gasteiger partial charge is 0.369 e. The first-order valence-electron chi connectivity index (χ1n) is 7.61. The number of allylic oxidation sites excluding steroid dienone is 2. The average Bonchev–Trinajstić information content (AvgIpc) is 2.63. The lowest BCUT2D eigenvalue weighted by Gasteiger charge is -2.35. The molecule has 0 saturated carbocycles. The van der Waals surface area contributed by atoms with Crippen molar-refractivity contribution in [1.82, 2.24) is 4.90 Å². The van der Waals surface area contributed by atoms with E-state index in [0.29, 0.717) is 0 Å². The fourth-order valence-electron chi connectivity index (χ4n) is 2.54. The summed E-state index contributed by atoms with van der Waals surface area (Å²) in [6.45, 7) is 6.66. The predicted molar refractivity (Wildman–Crippen MR) is 88.2 cm³/mol. The van der Waals surface area contributed by atoms with Crippen LogP contribution in [0.15, 0.2) is 29.5 Å². The smallest absolute Gasteiger partial charge is 0.163 e. The van der Waals surface area contributed by atoms with E-state index in [1.807, 2.05) is 0 Å². The first-order chi connectivity index (χ1) is 11.6. The molecule has 1 fully saturated rings. The quantitative estimate of drug-likeness (QED) is 0.854. The third-order valence-corrected chi connectivity index (χ3v) is 3.98. The third kappa shape index (κ3) is 3.81. The number of piperazine rings is 1. The van der Waals surface area contributed by atoms with Gasteiger partial charge in [0.05, 0.1) is 5.69 Å². The van der Waals surface area contributed by atoms with E-state index < -0.39 is 5.82 Å². The van der Waals surface area contributed by atoms with Crippen molar-refractivity contribution < 1.29 is 4.39 Å². The highest BCUT2D eigenvalue weighted by molar-refractivity contribution is 5.62. The number of hydrogen-bond donors (Lipinski definition) is 1. The SMILES string of the molecule is CCN1CCN(c2ccc(NC(C#N)=C(C#N)C#N)c(F)c2)CC1. The normalized spacial score (nSPS) is 14.2. The number of benzene rings is 1. The molecule has 6 nitrogen and oxygen atoms in total. The summed E-state index contributed by atoms with van der Waals surface area (Å²) < 4.78 is 14.3. The summed E-state index contributed by atoms with van der Waals surface area (Å²) in [5.74, 6) is -0.534. The summed E-state index contributed by atoms with van der Waals surface area (Å²) in [5, 5.41) is 29.1. The van der Waals surface area contributed by atoms with Crippen molar-refractivity contribution in [2.75, 3.05) is 42.9 Å². The molecule has 24 heavy (non-hydrogen) atoms. The lowest BCUT2D eigenvalue weighted by Crippen LogP contribution is -2.46. The van der Waals surface area contributed by atoms with Crippen LogP contribution in [0.25, 0.3) is 0 Å². The maximum Gasteiger partial charge on any atom is 0.163 e. The number of hydrogen-bond acceptors (Lipinski definition) is 6. The predicted octanol–water partition coefficient (Wildman–Crippen LogP) is 2.20. The van der Waals surface area contributed by atoms with Gasteiger partial charge in [-0.3, -0.25) is 0 Å². The van der Waals surface area contributed by atoms with Crippen molar-refractivity contribution >= 4 is 11.4 Å². The first-order valence-corrected chi connectivity index (χ1v) is 7.61. The van der Waals surface area contributed by atoms with Gasteiger partial charge < -0.3 is 15.1 Å². The van der Waals surface area contributed by atoms with Gasteiger partial charge in [-0.05, 0) is 24.7 Å². The molecule has 0 unspecified atom stereocenters. The van der Waals surface area contributed by atoms with Gasteiger partial charge >= 0.3 is 0 Å². The molecule has 7 heteroatoms. The van der Waals surface area contributed by atoms with Gasteiger partial charge in [-0.1, -0.05) is 6.92 Å². The second-order valence-electron chi connectivity index (χ2n) is 5.30. The second kappa shape index (κ2) is 7.97. The third-order valence-electron chi connectivity index (χ3n) is 3.98. The molecule has 1 aliphatic heterocycles. The van der Waals surface area contributed by atoms with Gasteiger partial charge in [-0.15, -0.1) is 0 Å². The zero-order valence-corrected chi connectivity index (χ0v) is 13.4. The molecule has 0 bridgehead atoms. The molecule has 0 atom stereocenters. The van der Waals surface area contributed by atoms with Crippen molar-refractivity contribution in [2.24, 2.45) is 0 Å². The molecule has 1 N–H and O–H groups in total. The molecular formula is C17H17FN6. The van der Waals surface area contributed by atoms with Crippen LogP contribution < -0.4 is 10.2 Å². The maximum absolute atomic E-state index is 14.3. The molecule has 0 spiro atoms. The standard InChI is InChI=1S/C17H17FN6/c1-2-23-5-7-24(8-6-23)14-3-4-16(15(18)9-14)22-17(12-21)13(10-19)11-20/h3-4,9,22H,2,5-8H2,1H3. The van der Waals surface area contributed by atoms with E-state index >= 15 is 0 Å². The van der Waals surface area contributed by atoms with Crippen LogP contribution in [0.4, 0.5) is 15.8 Å². The van der Waals surface area contributed by atoms with Crippen LogP contribution in [-0.2, 0) is 0 Å². The molecule has 0 amide bonds. The van der Waals surface area contributed by atoms with Crippen molar-refractivity contribution in [3.63, 3.8) is 0 Å². The van der Waals surface area contributed by atoms with E-state index in [-0.39, 0.29) is 17.0 Å². The number of nitriles is 3. The second-order valence-corrected chi connectivity index (χ2v) is 5.30. The van der Waals surface area contributed by atoms with Crippen LogP contribution in [0.1, 0.15) is 6.92 Å². The van der Waals surface area contributed by atoms with E-state index in [9.17, 15) is 4.39 Å². The Hall–Kier alpha value is -3.08. The minimum Gasteiger partial charge on any atom is -0.369 e. The molecule has 122 valence electrons. The topological polar surface area (TPSA) is 89.9 Å². The van der Waals surface area contributed by atoms with Gasteiger partial charge in [-0.25, -0.2) is 4.39 Å². The number of halogens is 1. The molecule has 1 aromatic carbocycles. The van der Waals surface area contributed by atoms with E-state index in [2.05, 4.69) is 22.0 Å². The van der Waals surface area contributed by atoms with Crippen LogP contribution >= 0.6 is 0 Å². The van der Waals surface area contributed by atoms with Gasteiger partial charge in [-0.2, -0.15) is 15.8 Å². The minimum atomic E-state index is -0.534. The van der Waals surface area contributed by atoms with Gasteiger partial charge in [0.2, 0.25) is 0 Å².